The van der Waals surface area contributed by atoms with Gasteiger partial charge >= 0.3 is 0 Å². The number of ether oxygens (including phenoxy) is 1. The molecule has 1 aromatic rings. The Bertz CT molecular complexity index is 276. The molecular weight excluding hydrogens is 180 g/mol. The van der Waals surface area contributed by atoms with E-state index in [9.17, 15) is 4.79 Å². The Kier molecular flexibility index (Phi) is 6.86. The molecule has 0 aliphatic carbocycles. The van der Waals surface area contributed by atoms with Crippen LogP contribution >= 0.6 is 0 Å². The van der Waals surface area contributed by atoms with E-state index in [1.807, 2.05) is 0 Å². The lowest BCUT2D eigenvalue weighted by Gasteiger charge is -1.99. The van der Waals surface area contributed by atoms with Crippen LogP contribution in [-0.4, -0.2) is 18.5 Å². The van der Waals surface area contributed by atoms with Crippen molar-refractivity contribution in [2.24, 2.45) is 0 Å². The van der Waals surface area contributed by atoms with Crippen molar-refractivity contribution in [3.05, 3.63) is 36.9 Å². The molecule has 0 saturated heterocycles. The van der Waals surface area contributed by atoms with E-state index in [0.29, 0.717) is 12.2 Å². The Morgan fingerprint density at radius 1 is 1.50 bits per heavy atom. The summed E-state index contributed by atoms with van der Waals surface area (Å²) in [5, 5.41) is 8.99. The van der Waals surface area contributed by atoms with Crippen LogP contribution in [-0.2, 0) is 4.79 Å². The van der Waals surface area contributed by atoms with E-state index in [-0.39, 0.29) is 5.75 Å². The Hall–Kier alpha value is -1.77. The molecule has 0 aromatic heterocycles. The predicted molar refractivity (Wildman–Crippen MR) is 55.5 cm³/mol. The molecule has 3 nitrogen and oxygen atoms in total. The minimum Gasteiger partial charge on any atom is -0.504 e. The van der Waals surface area contributed by atoms with Gasteiger partial charge in [-0.05, 0) is 12.1 Å². The topological polar surface area (TPSA) is 46.5 Å². The number of phenols is 1. The second-order valence-corrected chi connectivity index (χ2v) is 2.36. The van der Waals surface area contributed by atoms with Crippen LogP contribution in [0.15, 0.2) is 36.9 Å². The fraction of sp³-hybridized carbons (Fsp3) is 0.182. The SMILES string of the molecule is C=CCC=O.COc1ccccc1O. The van der Waals surface area contributed by atoms with E-state index >= 15 is 0 Å². The van der Waals surface area contributed by atoms with E-state index in [1.165, 1.54) is 7.11 Å². The summed E-state index contributed by atoms with van der Waals surface area (Å²) < 4.78 is 4.79. The number of para-hydroxylation sites is 2. The van der Waals surface area contributed by atoms with Crippen molar-refractivity contribution in [1.82, 2.24) is 0 Å². The lowest BCUT2D eigenvalue weighted by atomic mass is 10.3. The van der Waals surface area contributed by atoms with Crippen LogP contribution in [0, 0.1) is 0 Å². The van der Waals surface area contributed by atoms with Gasteiger partial charge in [0.15, 0.2) is 11.5 Å². The summed E-state index contributed by atoms with van der Waals surface area (Å²) in [6.45, 7) is 3.32. The molecule has 0 radical (unpaired) electrons. The Morgan fingerprint density at radius 3 is 2.43 bits per heavy atom. The normalized spacial score (nSPS) is 8.07. The number of rotatable bonds is 3. The number of methoxy groups -OCH3 is 1. The molecule has 0 aliphatic rings. The maximum atomic E-state index is 9.33. The van der Waals surface area contributed by atoms with E-state index in [2.05, 4.69) is 6.58 Å². The van der Waals surface area contributed by atoms with Gasteiger partial charge in [0.05, 0.1) is 7.11 Å². The minimum atomic E-state index is 0.181. The Morgan fingerprint density at radius 2 is 2.14 bits per heavy atom. The zero-order chi connectivity index (χ0) is 10.8. The number of benzene rings is 1. The maximum absolute atomic E-state index is 9.33. The van der Waals surface area contributed by atoms with Crippen molar-refractivity contribution < 1.29 is 14.6 Å². The van der Waals surface area contributed by atoms with Gasteiger partial charge in [0.2, 0.25) is 0 Å². The molecule has 1 rings (SSSR count). The molecule has 14 heavy (non-hydrogen) atoms. The number of aromatic hydroxyl groups is 1. The third kappa shape index (κ3) is 4.98. The van der Waals surface area contributed by atoms with Gasteiger partial charge in [-0.1, -0.05) is 18.2 Å². The second-order valence-electron chi connectivity index (χ2n) is 2.36. The van der Waals surface area contributed by atoms with Crippen LogP contribution in [0.2, 0.25) is 0 Å². The number of hydrogen-bond donors (Lipinski definition) is 1. The van der Waals surface area contributed by atoms with Crippen molar-refractivity contribution >= 4 is 6.29 Å². The third-order valence-electron chi connectivity index (χ3n) is 1.35. The number of phenolic OH excluding ortho intramolecular Hbond substituents is 1. The first-order valence-corrected chi connectivity index (χ1v) is 4.12. The monoisotopic (exact) mass is 194 g/mol. The summed E-state index contributed by atoms with van der Waals surface area (Å²) in [5.41, 5.74) is 0. The molecule has 0 spiro atoms. The largest absolute Gasteiger partial charge is 0.504 e. The number of hydrogen-bond acceptors (Lipinski definition) is 3. The molecule has 0 amide bonds. The minimum absolute atomic E-state index is 0.181. The van der Waals surface area contributed by atoms with Gasteiger partial charge < -0.3 is 14.6 Å². The average Bonchev–Trinajstić information content (AvgIpc) is 2.21. The fourth-order valence-electron chi connectivity index (χ4n) is 0.698. The number of carbonyl (C=O) groups is 1. The molecule has 76 valence electrons. The molecule has 0 fully saturated rings. The number of carbonyl (C=O) groups excluding carboxylic acids is 1. The quantitative estimate of drug-likeness (QED) is 0.592. The van der Waals surface area contributed by atoms with Crippen LogP contribution in [0.3, 0.4) is 0 Å². The van der Waals surface area contributed by atoms with Gasteiger partial charge in [-0.15, -0.1) is 6.58 Å². The molecule has 0 bridgehead atoms. The van der Waals surface area contributed by atoms with Crippen LogP contribution in [0.4, 0.5) is 0 Å². The summed E-state index contributed by atoms with van der Waals surface area (Å²) in [6.07, 6.45) is 2.85. The van der Waals surface area contributed by atoms with Crippen LogP contribution < -0.4 is 4.74 Å². The summed E-state index contributed by atoms with van der Waals surface area (Å²) in [5.74, 6) is 0.692. The van der Waals surface area contributed by atoms with Crippen molar-refractivity contribution in [3.8, 4) is 11.5 Å². The van der Waals surface area contributed by atoms with Crippen LogP contribution in [0.5, 0.6) is 11.5 Å². The van der Waals surface area contributed by atoms with E-state index in [4.69, 9.17) is 9.84 Å². The smallest absolute Gasteiger partial charge is 0.160 e. The molecular formula is C11H14O3. The average molecular weight is 194 g/mol. The number of aldehydes is 1. The second kappa shape index (κ2) is 7.86. The first-order chi connectivity index (χ1) is 6.76. The first-order valence-electron chi connectivity index (χ1n) is 4.12. The molecule has 1 N–H and O–H groups in total. The lowest BCUT2D eigenvalue weighted by Crippen LogP contribution is -1.80. The van der Waals surface area contributed by atoms with Crippen molar-refractivity contribution in [2.45, 2.75) is 6.42 Å². The van der Waals surface area contributed by atoms with Gasteiger partial charge in [-0.25, -0.2) is 0 Å². The van der Waals surface area contributed by atoms with Crippen LogP contribution in [0.25, 0.3) is 0 Å². The highest BCUT2D eigenvalue weighted by atomic mass is 16.5. The molecule has 0 unspecified atom stereocenters. The molecule has 1 aromatic carbocycles. The highest BCUT2D eigenvalue weighted by molar-refractivity contribution is 5.51. The predicted octanol–water partition coefficient (Wildman–Crippen LogP) is 2.16. The van der Waals surface area contributed by atoms with Gasteiger partial charge in [0.1, 0.15) is 6.29 Å². The number of allylic oxidation sites excluding steroid dienone is 1. The van der Waals surface area contributed by atoms with E-state index in [0.717, 1.165) is 6.29 Å². The highest BCUT2D eigenvalue weighted by Crippen LogP contribution is 2.22. The Labute approximate surface area is 83.6 Å². The molecule has 0 atom stereocenters. The lowest BCUT2D eigenvalue weighted by molar-refractivity contribution is -0.107. The molecule has 0 heterocycles. The zero-order valence-electron chi connectivity index (χ0n) is 8.14. The van der Waals surface area contributed by atoms with Gasteiger partial charge in [0.25, 0.3) is 0 Å². The third-order valence-corrected chi connectivity index (χ3v) is 1.35. The molecule has 0 saturated carbocycles. The fourth-order valence-corrected chi connectivity index (χ4v) is 0.698. The van der Waals surface area contributed by atoms with Gasteiger partial charge in [0, 0.05) is 6.42 Å². The summed E-state index contributed by atoms with van der Waals surface area (Å²) >= 11 is 0. The maximum Gasteiger partial charge on any atom is 0.160 e. The van der Waals surface area contributed by atoms with Crippen molar-refractivity contribution in [3.63, 3.8) is 0 Å². The zero-order valence-corrected chi connectivity index (χ0v) is 8.14. The van der Waals surface area contributed by atoms with Crippen molar-refractivity contribution in [1.29, 1.82) is 0 Å². The summed E-state index contributed by atoms with van der Waals surface area (Å²) in [7, 11) is 1.52. The van der Waals surface area contributed by atoms with E-state index < -0.39 is 0 Å². The first kappa shape index (κ1) is 12.2. The van der Waals surface area contributed by atoms with Gasteiger partial charge in [-0.2, -0.15) is 0 Å². The summed E-state index contributed by atoms with van der Waals surface area (Å²) in [4.78, 5) is 9.33. The van der Waals surface area contributed by atoms with E-state index in [1.54, 1.807) is 30.3 Å². The molecule has 0 aliphatic heterocycles. The van der Waals surface area contributed by atoms with Gasteiger partial charge in [-0.3, -0.25) is 0 Å². The highest BCUT2D eigenvalue weighted by Gasteiger charge is 1.94. The summed E-state index contributed by atoms with van der Waals surface area (Å²) in [6, 6.07) is 6.84. The molecule has 3 heteroatoms. The Balaban J connectivity index is 0.000000292. The van der Waals surface area contributed by atoms with Crippen molar-refractivity contribution in [2.75, 3.05) is 7.11 Å². The van der Waals surface area contributed by atoms with Crippen LogP contribution in [0.1, 0.15) is 6.42 Å². The standard InChI is InChI=1S/C7H8O2.C4H6O/c1-9-7-5-3-2-4-6(7)8;1-2-3-4-5/h2-5,8H,1H3;2,4H,1,3H2.